The first-order valence-electron chi connectivity index (χ1n) is 30.7. The van der Waals surface area contributed by atoms with Crippen LogP contribution < -0.4 is 0 Å². The maximum Gasteiger partial charge on any atom is 0.306 e. The molecule has 1 unspecified atom stereocenters. The second kappa shape index (κ2) is 62.1. The average Bonchev–Trinajstić information content (AvgIpc) is 3.41. The Morgan fingerprint density at radius 3 is 0.813 bits per heavy atom. The lowest BCUT2D eigenvalue weighted by atomic mass is 10.1. The summed E-state index contributed by atoms with van der Waals surface area (Å²) in [5, 5.41) is 0. The van der Waals surface area contributed by atoms with Crippen LogP contribution in [-0.2, 0) is 28.6 Å². The molecule has 0 heterocycles. The van der Waals surface area contributed by atoms with Crippen LogP contribution in [0.2, 0.25) is 0 Å². The van der Waals surface area contributed by atoms with Gasteiger partial charge >= 0.3 is 17.9 Å². The summed E-state index contributed by atoms with van der Waals surface area (Å²) in [6.45, 7) is 6.38. The van der Waals surface area contributed by atoms with Crippen molar-refractivity contribution in [2.45, 2.75) is 271 Å². The molecule has 0 aliphatic carbocycles. The Morgan fingerprint density at radius 1 is 0.280 bits per heavy atom. The Kier molecular flexibility index (Phi) is 58.4. The monoisotopic (exact) mass is 1040 g/mol. The number of allylic oxidation sites excluding steroid dienone is 22. The number of carbonyl (C=O) groups is 3. The van der Waals surface area contributed by atoms with E-state index >= 15 is 0 Å². The zero-order chi connectivity index (χ0) is 54.3. The van der Waals surface area contributed by atoms with Crippen molar-refractivity contribution in [1.29, 1.82) is 0 Å². The van der Waals surface area contributed by atoms with Gasteiger partial charge in [0.15, 0.2) is 6.10 Å². The zero-order valence-electron chi connectivity index (χ0n) is 48.5. The van der Waals surface area contributed by atoms with Crippen LogP contribution in [0.4, 0.5) is 0 Å². The summed E-state index contributed by atoms with van der Waals surface area (Å²) >= 11 is 0. The molecular formula is C69H112O6. The topological polar surface area (TPSA) is 78.9 Å². The van der Waals surface area contributed by atoms with Gasteiger partial charge in [-0.25, -0.2) is 0 Å². The normalized spacial score (nSPS) is 13.1. The molecule has 1 atom stereocenters. The van der Waals surface area contributed by atoms with Gasteiger partial charge in [0.25, 0.3) is 0 Å². The van der Waals surface area contributed by atoms with E-state index in [1.54, 1.807) is 0 Å². The minimum absolute atomic E-state index is 0.0930. The van der Waals surface area contributed by atoms with Crippen molar-refractivity contribution in [3.8, 4) is 0 Å². The molecule has 0 aromatic rings. The fraction of sp³-hybridized carbons (Fsp3) is 0.638. The minimum atomic E-state index is -0.799. The highest BCUT2D eigenvalue weighted by Crippen LogP contribution is 2.15. The largest absolute Gasteiger partial charge is 0.462 e. The Balaban J connectivity index is 4.40. The maximum absolute atomic E-state index is 12.9. The first-order valence-corrected chi connectivity index (χ1v) is 30.7. The predicted octanol–water partition coefficient (Wildman–Crippen LogP) is 21.0. The van der Waals surface area contributed by atoms with Crippen molar-refractivity contribution in [3.63, 3.8) is 0 Å². The van der Waals surface area contributed by atoms with Crippen molar-refractivity contribution in [3.05, 3.63) is 134 Å². The zero-order valence-corrected chi connectivity index (χ0v) is 48.5. The molecule has 6 nitrogen and oxygen atoms in total. The molecule has 75 heavy (non-hydrogen) atoms. The van der Waals surface area contributed by atoms with Crippen molar-refractivity contribution in [1.82, 2.24) is 0 Å². The lowest BCUT2D eigenvalue weighted by Gasteiger charge is -2.18. The summed E-state index contributed by atoms with van der Waals surface area (Å²) in [5.74, 6) is -0.928. The molecule has 0 aromatic heterocycles. The molecule has 0 bridgehead atoms. The molecule has 0 saturated carbocycles. The molecule has 0 rings (SSSR count). The second-order valence-corrected chi connectivity index (χ2v) is 19.9. The van der Waals surface area contributed by atoms with Crippen LogP contribution in [0.25, 0.3) is 0 Å². The molecule has 424 valence electrons. The molecule has 0 amide bonds. The number of hydrogen-bond donors (Lipinski definition) is 0. The summed E-state index contributed by atoms with van der Waals surface area (Å²) in [5.41, 5.74) is 0. The van der Waals surface area contributed by atoms with Gasteiger partial charge in [-0.15, -0.1) is 0 Å². The standard InChI is InChI=1S/C69H112O6/c1-4-7-10-13-16-19-22-24-26-28-30-32-33-34-35-37-38-40-42-44-47-50-53-56-59-62-68(71)74-65-66(64-73-67(70)61-58-55-52-49-46-21-18-15-12-9-6-3)75-69(72)63-60-57-54-51-48-45-43-41-39-36-31-29-27-25-23-20-17-14-11-8-5-2/h7-8,10-11,16-17,19-20,24-27,30-32,34-36,38,40-41,43,66H,4-6,9,12-15,18,21-23,28-29,33,37,39,42,44-65H2,1-3H3/b10-7-,11-8-,19-16-,20-17-,26-24-,27-25-,32-30-,35-34-,36-31-,40-38-,43-41-. The summed E-state index contributed by atoms with van der Waals surface area (Å²) in [7, 11) is 0. The lowest BCUT2D eigenvalue weighted by molar-refractivity contribution is -0.167. The molecule has 0 aliphatic rings. The van der Waals surface area contributed by atoms with Crippen molar-refractivity contribution in [2.24, 2.45) is 0 Å². The number of esters is 3. The van der Waals surface area contributed by atoms with E-state index in [2.05, 4.69) is 154 Å². The molecule has 6 heteroatoms. The maximum atomic E-state index is 12.9. The van der Waals surface area contributed by atoms with E-state index in [1.165, 1.54) is 64.2 Å². The molecule has 0 aliphatic heterocycles. The van der Waals surface area contributed by atoms with E-state index < -0.39 is 6.10 Å². The van der Waals surface area contributed by atoms with E-state index in [9.17, 15) is 14.4 Å². The third-order valence-electron chi connectivity index (χ3n) is 12.7. The Bertz CT molecular complexity index is 1620. The van der Waals surface area contributed by atoms with Crippen molar-refractivity contribution >= 4 is 17.9 Å². The van der Waals surface area contributed by atoms with Gasteiger partial charge < -0.3 is 14.2 Å². The van der Waals surface area contributed by atoms with Crippen molar-refractivity contribution in [2.75, 3.05) is 13.2 Å². The lowest BCUT2D eigenvalue weighted by Crippen LogP contribution is -2.30. The van der Waals surface area contributed by atoms with E-state index in [4.69, 9.17) is 14.2 Å². The van der Waals surface area contributed by atoms with E-state index in [1.807, 2.05) is 0 Å². The molecular weight excluding hydrogens is 925 g/mol. The van der Waals surface area contributed by atoms with Gasteiger partial charge in [0.2, 0.25) is 0 Å². The second-order valence-electron chi connectivity index (χ2n) is 19.9. The summed E-state index contributed by atoms with van der Waals surface area (Å²) in [6.07, 6.45) is 87.3. The van der Waals surface area contributed by atoms with E-state index in [0.29, 0.717) is 19.3 Å². The molecule has 0 spiro atoms. The number of rotatable bonds is 54. The smallest absolute Gasteiger partial charge is 0.306 e. The Labute approximate surface area is 462 Å². The number of carbonyl (C=O) groups excluding carboxylic acids is 3. The third kappa shape index (κ3) is 60.3. The summed E-state index contributed by atoms with van der Waals surface area (Å²) in [6, 6.07) is 0. The van der Waals surface area contributed by atoms with Gasteiger partial charge in [-0.05, 0) is 116 Å². The first kappa shape index (κ1) is 70.5. The van der Waals surface area contributed by atoms with Crippen LogP contribution in [-0.4, -0.2) is 37.2 Å². The van der Waals surface area contributed by atoms with Crippen LogP contribution in [0.1, 0.15) is 265 Å². The fourth-order valence-corrected chi connectivity index (χ4v) is 8.12. The minimum Gasteiger partial charge on any atom is -0.462 e. The fourth-order valence-electron chi connectivity index (χ4n) is 8.12. The third-order valence-corrected chi connectivity index (χ3v) is 12.7. The van der Waals surface area contributed by atoms with E-state index in [0.717, 1.165) is 161 Å². The van der Waals surface area contributed by atoms with Gasteiger partial charge in [0.05, 0.1) is 0 Å². The number of hydrogen-bond acceptors (Lipinski definition) is 6. The van der Waals surface area contributed by atoms with Gasteiger partial charge in [0, 0.05) is 19.3 Å². The van der Waals surface area contributed by atoms with Gasteiger partial charge in [0.1, 0.15) is 13.2 Å². The average molecular weight is 1040 g/mol. The summed E-state index contributed by atoms with van der Waals surface area (Å²) < 4.78 is 16.9. The Morgan fingerprint density at radius 2 is 0.520 bits per heavy atom. The predicted molar refractivity (Wildman–Crippen MR) is 325 cm³/mol. The van der Waals surface area contributed by atoms with Crippen LogP contribution in [0.5, 0.6) is 0 Å². The van der Waals surface area contributed by atoms with Gasteiger partial charge in [-0.2, -0.15) is 0 Å². The highest BCUT2D eigenvalue weighted by atomic mass is 16.6. The summed E-state index contributed by atoms with van der Waals surface area (Å²) in [4.78, 5) is 38.2. The molecule has 0 saturated heterocycles. The molecule has 0 N–H and O–H groups in total. The van der Waals surface area contributed by atoms with Gasteiger partial charge in [-0.3, -0.25) is 14.4 Å². The van der Waals surface area contributed by atoms with E-state index in [-0.39, 0.29) is 31.1 Å². The first-order chi connectivity index (χ1) is 37.0. The molecule has 0 fully saturated rings. The highest BCUT2D eigenvalue weighted by molar-refractivity contribution is 5.71. The quantitative estimate of drug-likeness (QED) is 0.0261. The Hall–Kier alpha value is -4.45. The van der Waals surface area contributed by atoms with Crippen LogP contribution in [0, 0.1) is 0 Å². The van der Waals surface area contributed by atoms with Crippen LogP contribution >= 0.6 is 0 Å². The van der Waals surface area contributed by atoms with Crippen molar-refractivity contribution < 1.29 is 28.6 Å². The number of unbranched alkanes of at least 4 members (excludes halogenated alkanes) is 21. The van der Waals surface area contributed by atoms with Crippen LogP contribution in [0.3, 0.4) is 0 Å². The molecule has 0 aromatic carbocycles. The van der Waals surface area contributed by atoms with Crippen LogP contribution in [0.15, 0.2) is 134 Å². The molecule has 0 radical (unpaired) electrons. The number of ether oxygens (including phenoxy) is 3. The van der Waals surface area contributed by atoms with Gasteiger partial charge in [-0.1, -0.05) is 264 Å². The SMILES string of the molecule is CC/C=C\C/C=C\C/C=C\C/C=C\C/C=C\C/C=C\CCCCCCCCC(=O)OCC(COC(=O)CCCCCCCCCCCCC)OC(=O)CCCCCCC/C=C\C/C=C\C/C=C\C/C=C\C/C=C\CC. The highest BCUT2D eigenvalue weighted by Gasteiger charge is 2.19.